The van der Waals surface area contributed by atoms with Gasteiger partial charge in [-0.15, -0.1) is 0 Å². The lowest BCUT2D eigenvalue weighted by Crippen LogP contribution is -2.49. The fourth-order valence-electron chi connectivity index (χ4n) is 3.65. The Morgan fingerprint density at radius 1 is 1.00 bits per heavy atom. The maximum atomic E-state index is 13.0. The maximum absolute atomic E-state index is 13.0. The number of piperazine rings is 1. The summed E-state index contributed by atoms with van der Waals surface area (Å²) < 4.78 is 5.25. The molecule has 0 atom stereocenters. The number of methoxy groups -OCH3 is 1. The van der Waals surface area contributed by atoms with Gasteiger partial charge in [-0.3, -0.25) is 4.79 Å². The number of carbonyl (C=O) groups is 1. The van der Waals surface area contributed by atoms with Gasteiger partial charge in [-0.1, -0.05) is 19.9 Å². The average Bonchev–Trinajstić information content (AvgIpc) is 2.77. The van der Waals surface area contributed by atoms with Gasteiger partial charge in [0.05, 0.1) is 12.6 Å². The zero-order valence-corrected chi connectivity index (χ0v) is 17.9. The largest absolute Gasteiger partial charge is 0.497 e. The molecule has 0 N–H and O–H groups in total. The van der Waals surface area contributed by atoms with Gasteiger partial charge in [0.15, 0.2) is 0 Å². The Hall–Kier alpha value is -3.22. The molecule has 0 aliphatic carbocycles. The Kier molecular flexibility index (Phi) is 5.53. The van der Waals surface area contributed by atoms with E-state index in [1.807, 2.05) is 42.2 Å². The molecule has 7 nitrogen and oxygen atoms in total. The number of amides is 1. The summed E-state index contributed by atoms with van der Waals surface area (Å²) in [6.07, 6.45) is 0. The Balaban J connectivity index is 1.46. The van der Waals surface area contributed by atoms with Gasteiger partial charge in [0.2, 0.25) is 0 Å². The van der Waals surface area contributed by atoms with Crippen LogP contribution in [-0.2, 0) is 0 Å². The van der Waals surface area contributed by atoms with Gasteiger partial charge in [0, 0.05) is 49.2 Å². The zero-order valence-electron chi connectivity index (χ0n) is 17.9. The van der Waals surface area contributed by atoms with E-state index in [1.165, 1.54) is 0 Å². The van der Waals surface area contributed by atoms with E-state index in [2.05, 4.69) is 28.7 Å². The van der Waals surface area contributed by atoms with Crippen LogP contribution < -0.4 is 9.64 Å². The van der Waals surface area contributed by atoms with Crippen LogP contribution in [0.25, 0.3) is 10.9 Å². The standard InChI is InChI=1S/C23H27N5O2/c1-15(2)22-24-16(3)13-21(26-22)27-9-11-28(12-10-27)23(29)20-7-5-17-14-18(30-4)6-8-19(17)25-20/h5-8,13-15H,9-12H2,1-4H3. The first-order valence-electron chi connectivity index (χ1n) is 10.3. The fraction of sp³-hybridized carbons (Fsp3) is 0.391. The van der Waals surface area contributed by atoms with Crippen molar-refractivity contribution in [1.82, 2.24) is 19.9 Å². The summed E-state index contributed by atoms with van der Waals surface area (Å²) in [4.78, 5) is 30.9. The van der Waals surface area contributed by atoms with E-state index in [1.54, 1.807) is 13.2 Å². The maximum Gasteiger partial charge on any atom is 0.272 e. The molecule has 0 saturated carbocycles. The van der Waals surface area contributed by atoms with Gasteiger partial charge in [0.25, 0.3) is 5.91 Å². The van der Waals surface area contributed by atoms with E-state index in [4.69, 9.17) is 9.72 Å². The van der Waals surface area contributed by atoms with Gasteiger partial charge in [-0.25, -0.2) is 15.0 Å². The molecule has 3 heterocycles. The molecule has 2 aromatic heterocycles. The van der Waals surface area contributed by atoms with Gasteiger partial charge in [-0.05, 0) is 31.2 Å². The molecular weight excluding hydrogens is 378 g/mol. The normalized spacial score (nSPS) is 14.4. The van der Waals surface area contributed by atoms with Crippen LogP contribution >= 0.6 is 0 Å². The lowest BCUT2D eigenvalue weighted by Gasteiger charge is -2.35. The van der Waals surface area contributed by atoms with Crippen molar-refractivity contribution in [3.63, 3.8) is 0 Å². The number of hydrogen-bond donors (Lipinski definition) is 0. The van der Waals surface area contributed by atoms with Crippen molar-refractivity contribution < 1.29 is 9.53 Å². The smallest absolute Gasteiger partial charge is 0.272 e. The summed E-state index contributed by atoms with van der Waals surface area (Å²) in [5, 5.41) is 0.954. The summed E-state index contributed by atoms with van der Waals surface area (Å²) in [6, 6.07) is 11.4. The van der Waals surface area contributed by atoms with Gasteiger partial charge >= 0.3 is 0 Å². The third kappa shape index (κ3) is 4.06. The highest BCUT2D eigenvalue weighted by molar-refractivity contribution is 5.95. The lowest BCUT2D eigenvalue weighted by molar-refractivity contribution is 0.0741. The summed E-state index contributed by atoms with van der Waals surface area (Å²) in [5.74, 6) is 2.83. The lowest BCUT2D eigenvalue weighted by atomic mass is 10.1. The highest BCUT2D eigenvalue weighted by Gasteiger charge is 2.24. The SMILES string of the molecule is COc1ccc2nc(C(=O)N3CCN(c4cc(C)nc(C(C)C)n4)CC3)ccc2c1. The number of hydrogen-bond acceptors (Lipinski definition) is 6. The van der Waals surface area contributed by atoms with Crippen LogP contribution in [0.5, 0.6) is 5.75 Å². The van der Waals surface area contributed by atoms with Gasteiger partial charge in [-0.2, -0.15) is 0 Å². The molecular formula is C23H27N5O2. The Morgan fingerprint density at radius 2 is 1.77 bits per heavy atom. The van der Waals surface area contributed by atoms with Crippen molar-refractivity contribution in [2.24, 2.45) is 0 Å². The molecule has 0 radical (unpaired) electrons. The summed E-state index contributed by atoms with van der Waals surface area (Å²) >= 11 is 0. The van der Waals surface area contributed by atoms with E-state index in [9.17, 15) is 4.79 Å². The minimum Gasteiger partial charge on any atom is -0.497 e. The van der Waals surface area contributed by atoms with E-state index in [-0.39, 0.29) is 11.8 Å². The Labute approximate surface area is 176 Å². The molecule has 0 unspecified atom stereocenters. The number of anilines is 1. The second-order valence-electron chi connectivity index (χ2n) is 7.91. The van der Waals surface area contributed by atoms with Crippen molar-refractivity contribution >= 4 is 22.6 Å². The van der Waals surface area contributed by atoms with Crippen molar-refractivity contribution in [2.45, 2.75) is 26.7 Å². The first-order valence-corrected chi connectivity index (χ1v) is 10.3. The molecule has 156 valence electrons. The molecule has 0 bridgehead atoms. The quantitative estimate of drug-likeness (QED) is 0.662. The van der Waals surface area contributed by atoms with E-state index in [0.29, 0.717) is 18.8 Å². The third-order valence-corrected chi connectivity index (χ3v) is 5.38. The summed E-state index contributed by atoms with van der Waals surface area (Å²) in [7, 11) is 1.64. The van der Waals surface area contributed by atoms with Gasteiger partial charge in [0.1, 0.15) is 23.1 Å². The molecule has 1 saturated heterocycles. The predicted octanol–water partition coefficient (Wildman–Crippen LogP) is 3.43. The van der Waals surface area contributed by atoms with Crippen molar-refractivity contribution in [3.05, 3.63) is 53.6 Å². The van der Waals surface area contributed by atoms with Crippen LogP contribution in [0.1, 0.15) is 41.8 Å². The molecule has 1 aliphatic heterocycles. The molecule has 1 fully saturated rings. The minimum atomic E-state index is -0.0332. The minimum absolute atomic E-state index is 0.0332. The molecule has 1 aliphatic rings. The molecule has 7 heteroatoms. The topological polar surface area (TPSA) is 71.5 Å². The van der Waals surface area contributed by atoms with Crippen molar-refractivity contribution in [2.75, 3.05) is 38.2 Å². The average molecular weight is 406 g/mol. The van der Waals surface area contributed by atoms with Crippen LogP contribution in [0, 0.1) is 6.92 Å². The fourth-order valence-corrected chi connectivity index (χ4v) is 3.65. The number of aromatic nitrogens is 3. The molecule has 3 aromatic rings. The number of benzene rings is 1. The van der Waals surface area contributed by atoms with E-state index >= 15 is 0 Å². The zero-order chi connectivity index (χ0) is 21.3. The monoisotopic (exact) mass is 405 g/mol. The van der Waals surface area contributed by atoms with E-state index < -0.39 is 0 Å². The number of aryl methyl sites for hydroxylation is 1. The number of ether oxygens (including phenoxy) is 1. The van der Waals surface area contributed by atoms with Crippen LogP contribution in [0.4, 0.5) is 5.82 Å². The van der Waals surface area contributed by atoms with Crippen molar-refractivity contribution in [1.29, 1.82) is 0 Å². The number of rotatable bonds is 4. The summed E-state index contributed by atoms with van der Waals surface area (Å²) in [5.41, 5.74) is 2.23. The Morgan fingerprint density at radius 3 is 2.47 bits per heavy atom. The second-order valence-corrected chi connectivity index (χ2v) is 7.91. The molecule has 0 spiro atoms. The molecule has 1 aromatic carbocycles. The van der Waals surface area contributed by atoms with Crippen LogP contribution in [0.15, 0.2) is 36.4 Å². The number of pyridine rings is 1. The summed E-state index contributed by atoms with van der Waals surface area (Å²) in [6.45, 7) is 8.96. The first kappa shape index (κ1) is 20.1. The van der Waals surface area contributed by atoms with E-state index in [0.717, 1.165) is 47.1 Å². The first-order chi connectivity index (χ1) is 14.4. The van der Waals surface area contributed by atoms with Crippen LogP contribution in [-0.4, -0.2) is 59.0 Å². The molecule has 30 heavy (non-hydrogen) atoms. The molecule has 1 amide bonds. The number of nitrogens with zero attached hydrogens (tertiary/aromatic N) is 5. The number of fused-ring (bicyclic) bond motifs is 1. The predicted molar refractivity (Wildman–Crippen MR) is 117 cm³/mol. The van der Waals surface area contributed by atoms with Crippen molar-refractivity contribution in [3.8, 4) is 5.75 Å². The highest BCUT2D eigenvalue weighted by Crippen LogP contribution is 2.22. The third-order valence-electron chi connectivity index (χ3n) is 5.38. The Bertz CT molecular complexity index is 1070. The van der Waals surface area contributed by atoms with Gasteiger partial charge < -0.3 is 14.5 Å². The number of carbonyl (C=O) groups excluding carboxylic acids is 1. The van der Waals surface area contributed by atoms with Crippen LogP contribution in [0.3, 0.4) is 0 Å². The second kappa shape index (κ2) is 8.26. The highest BCUT2D eigenvalue weighted by atomic mass is 16.5. The molecule has 4 rings (SSSR count). The van der Waals surface area contributed by atoms with Crippen LogP contribution in [0.2, 0.25) is 0 Å².